The monoisotopic (exact) mass is 451 g/mol. The number of aliphatic hydroxyl groups excluding tert-OH is 1. The molecule has 1 aromatic heterocycles. The molecule has 0 aliphatic carbocycles. The van der Waals surface area contributed by atoms with Crippen LogP contribution >= 0.6 is 11.6 Å². The van der Waals surface area contributed by atoms with Crippen LogP contribution in [0.4, 0.5) is 0 Å². The van der Waals surface area contributed by atoms with Crippen molar-refractivity contribution in [1.29, 1.82) is 0 Å². The first-order chi connectivity index (χ1) is 15.5. The lowest BCUT2D eigenvalue weighted by molar-refractivity contribution is -0.139. The molecule has 3 aromatic rings. The third-order valence-corrected chi connectivity index (χ3v) is 5.72. The van der Waals surface area contributed by atoms with Crippen LogP contribution in [0, 0.1) is 0 Å². The molecule has 0 bridgehead atoms. The number of aryl methyl sites for hydroxylation is 1. The first-order valence-electron chi connectivity index (χ1n) is 10.1. The highest BCUT2D eigenvalue weighted by atomic mass is 35.5. The van der Waals surface area contributed by atoms with Gasteiger partial charge in [0, 0.05) is 36.1 Å². The number of rotatable bonds is 7. The Morgan fingerprint density at radius 2 is 1.81 bits per heavy atom. The number of carbonyl (C=O) groups is 2. The van der Waals surface area contributed by atoms with Crippen molar-refractivity contribution in [3.05, 3.63) is 89.0 Å². The van der Waals surface area contributed by atoms with Crippen LogP contribution in [0.1, 0.15) is 23.6 Å². The number of amides is 1. The summed E-state index contributed by atoms with van der Waals surface area (Å²) in [5.74, 6) is -0.908. The number of nitrogens with zero attached hydrogens (tertiary/aromatic N) is 3. The Kier molecular flexibility index (Phi) is 6.28. The van der Waals surface area contributed by atoms with Gasteiger partial charge >= 0.3 is 0 Å². The van der Waals surface area contributed by atoms with Crippen LogP contribution in [0.15, 0.2) is 72.8 Å². The first-order valence-corrected chi connectivity index (χ1v) is 10.5. The summed E-state index contributed by atoms with van der Waals surface area (Å²) in [4.78, 5) is 31.5. The minimum Gasteiger partial charge on any atom is -0.507 e. The number of Topliss-reactive ketones (excluding diaryl/α,β-unsaturated/α-hetero) is 1. The molecule has 0 saturated carbocycles. The number of hydrogen-bond donors (Lipinski definition) is 1. The number of imidazole rings is 1. The van der Waals surface area contributed by atoms with E-state index >= 15 is 0 Å². The van der Waals surface area contributed by atoms with E-state index in [2.05, 4.69) is 4.98 Å². The van der Waals surface area contributed by atoms with Gasteiger partial charge in [-0.05, 0) is 48.4 Å². The minimum absolute atomic E-state index is 0.0603. The second-order valence-corrected chi connectivity index (χ2v) is 7.86. The number of benzene rings is 2. The molecule has 8 heteroatoms. The quantitative estimate of drug-likeness (QED) is 0.332. The van der Waals surface area contributed by atoms with Crippen molar-refractivity contribution in [2.45, 2.75) is 19.0 Å². The number of ether oxygens (including phenoxy) is 1. The molecule has 7 nitrogen and oxygen atoms in total. The topological polar surface area (TPSA) is 84.7 Å². The standard InChI is InChI=1S/C24H22ClN3O4/c1-32-19-9-5-16(6-10-19)21-20(22(29)17-3-7-18(25)8-4-17)23(30)24(31)28(21)13-2-12-27-14-11-26-15-27/h3-11,14-15,21,29H,2,12-13H2,1H3/b22-20+. The fourth-order valence-electron chi connectivity index (χ4n) is 3.85. The van der Waals surface area contributed by atoms with Crippen molar-refractivity contribution in [2.24, 2.45) is 0 Å². The van der Waals surface area contributed by atoms with Gasteiger partial charge in [-0.25, -0.2) is 4.98 Å². The zero-order valence-electron chi connectivity index (χ0n) is 17.4. The normalized spacial score (nSPS) is 17.7. The van der Waals surface area contributed by atoms with E-state index in [-0.39, 0.29) is 11.3 Å². The van der Waals surface area contributed by atoms with Gasteiger partial charge in [0.05, 0.1) is 25.1 Å². The van der Waals surface area contributed by atoms with Gasteiger partial charge in [-0.1, -0.05) is 23.7 Å². The number of carbonyl (C=O) groups excluding carboxylic acids is 2. The van der Waals surface area contributed by atoms with Gasteiger partial charge in [-0.2, -0.15) is 0 Å². The molecule has 4 rings (SSSR count). The SMILES string of the molecule is COc1ccc(C2/C(=C(\O)c3ccc(Cl)cc3)C(=O)C(=O)N2CCCn2ccnc2)cc1. The number of ketones is 1. The number of halogens is 1. The molecular weight excluding hydrogens is 430 g/mol. The molecule has 1 N–H and O–H groups in total. The van der Waals surface area contributed by atoms with Crippen molar-refractivity contribution in [3.63, 3.8) is 0 Å². The summed E-state index contributed by atoms with van der Waals surface area (Å²) in [7, 11) is 1.57. The van der Waals surface area contributed by atoms with Crippen molar-refractivity contribution in [2.75, 3.05) is 13.7 Å². The lowest BCUT2D eigenvalue weighted by Crippen LogP contribution is -2.31. The van der Waals surface area contributed by atoms with E-state index < -0.39 is 17.7 Å². The van der Waals surface area contributed by atoms with E-state index in [4.69, 9.17) is 16.3 Å². The van der Waals surface area contributed by atoms with E-state index in [0.717, 1.165) is 0 Å². The van der Waals surface area contributed by atoms with Gasteiger partial charge in [0.2, 0.25) is 0 Å². The summed E-state index contributed by atoms with van der Waals surface area (Å²) in [5.41, 5.74) is 1.19. The van der Waals surface area contributed by atoms with Crippen molar-refractivity contribution < 1.29 is 19.4 Å². The summed E-state index contributed by atoms with van der Waals surface area (Å²) in [6.45, 7) is 0.992. The van der Waals surface area contributed by atoms with Crippen LogP contribution < -0.4 is 4.74 Å². The molecule has 1 amide bonds. The van der Waals surface area contributed by atoms with Crippen LogP contribution in [-0.2, 0) is 16.1 Å². The van der Waals surface area contributed by atoms with E-state index in [1.807, 2.05) is 10.8 Å². The largest absolute Gasteiger partial charge is 0.507 e. The molecular formula is C24H22ClN3O4. The van der Waals surface area contributed by atoms with Crippen LogP contribution in [-0.4, -0.2) is 44.9 Å². The zero-order valence-corrected chi connectivity index (χ0v) is 18.2. The summed E-state index contributed by atoms with van der Waals surface area (Å²) >= 11 is 5.96. The van der Waals surface area contributed by atoms with E-state index in [0.29, 0.717) is 41.4 Å². The predicted molar refractivity (Wildman–Crippen MR) is 120 cm³/mol. The Balaban J connectivity index is 1.72. The maximum Gasteiger partial charge on any atom is 0.295 e. The summed E-state index contributed by atoms with van der Waals surface area (Å²) < 4.78 is 7.14. The third-order valence-electron chi connectivity index (χ3n) is 5.46. The van der Waals surface area contributed by atoms with Gasteiger partial charge < -0.3 is 19.3 Å². The molecule has 1 atom stereocenters. The molecule has 1 aliphatic rings. The molecule has 0 radical (unpaired) electrons. The molecule has 164 valence electrons. The molecule has 1 saturated heterocycles. The molecule has 2 aromatic carbocycles. The summed E-state index contributed by atoms with van der Waals surface area (Å²) in [6.07, 6.45) is 5.86. The second kappa shape index (κ2) is 9.28. The molecule has 32 heavy (non-hydrogen) atoms. The van der Waals surface area contributed by atoms with Gasteiger partial charge in [0.1, 0.15) is 11.5 Å². The van der Waals surface area contributed by atoms with Crippen molar-refractivity contribution >= 4 is 29.1 Å². The first kappa shape index (κ1) is 21.6. The minimum atomic E-state index is -0.709. The van der Waals surface area contributed by atoms with Crippen LogP contribution in [0.25, 0.3) is 5.76 Å². The lowest BCUT2D eigenvalue weighted by Gasteiger charge is -2.25. The van der Waals surface area contributed by atoms with Crippen LogP contribution in [0.5, 0.6) is 5.75 Å². The zero-order chi connectivity index (χ0) is 22.7. The Labute approximate surface area is 190 Å². The van der Waals surface area contributed by atoms with Crippen LogP contribution in [0.3, 0.4) is 0 Å². The number of aliphatic hydroxyl groups is 1. The smallest absolute Gasteiger partial charge is 0.295 e. The van der Waals surface area contributed by atoms with Gasteiger partial charge in [0.15, 0.2) is 0 Å². The van der Waals surface area contributed by atoms with Crippen molar-refractivity contribution in [1.82, 2.24) is 14.5 Å². The lowest BCUT2D eigenvalue weighted by atomic mass is 9.95. The Morgan fingerprint density at radius 3 is 2.44 bits per heavy atom. The maximum absolute atomic E-state index is 13.0. The fourth-order valence-corrected chi connectivity index (χ4v) is 3.98. The predicted octanol–water partition coefficient (Wildman–Crippen LogP) is 4.06. The molecule has 1 fully saturated rings. The number of aromatic nitrogens is 2. The van der Waals surface area contributed by atoms with Gasteiger partial charge in [0.25, 0.3) is 11.7 Å². The Bertz CT molecular complexity index is 1140. The average Bonchev–Trinajstić information content (AvgIpc) is 3.41. The molecule has 0 spiro atoms. The van der Waals surface area contributed by atoms with Gasteiger partial charge in [-0.15, -0.1) is 0 Å². The molecule has 1 aliphatic heterocycles. The Morgan fingerprint density at radius 1 is 1.09 bits per heavy atom. The van der Waals surface area contributed by atoms with E-state index in [9.17, 15) is 14.7 Å². The highest BCUT2D eigenvalue weighted by Gasteiger charge is 2.45. The third kappa shape index (κ3) is 4.24. The number of likely N-dealkylation sites (tertiary alicyclic amines) is 1. The summed E-state index contributed by atoms with van der Waals surface area (Å²) in [5, 5.41) is 11.5. The number of hydrogen-bond acceptors (Lipinski definition) is 5. The highest BCUT2D eigenvalue weighted by molar-refractivity contribution is 6.46. The van der Waals surface area contributed by atoms with Gasteiger partial charge in [-0.3, -0.25) is 9.59 Å². The Hall–Kier alpha value is -3.58. The highest BCUT2D eigenvalue weighted by Crippen LogP contribution is 2.40. The van der Waals surface area contributed by atoms with E-state index in [1.165, 1.54) is 4.90 Å². The number of methoxy groups -OCH3 is 1. The van der Waals surface area contributed by atoms with E-state index in [1.54, 1.807) is 68.2 Å². The second-order valence-electron chi connectivity index (χ2n) is 7.43. The molecule has 2 heterocycles. The average molecular weight is 452 g/mol. The molecule has 1 unspecified atom stereocenters. The van der Waals surface area contributed by atoms with Crippen LogP contribution in [0.2, 0.25) is 5.02 Å². The van der Waals surface area contributed by atoms with Crippen molar-refractivity contribution in [3.8, 4) is 5.75 Å². The maximum atomic E-state index is 13.0. The summed E-state index contributed by atoms with van der Waals surface area (Å²) in [6, 6.07) is 12.9. The fraction of sp³-hybridized carbons (Fsp3) is 0.208.